The van der Waals surface area contributed by atoms with Crippen molar-refractivity contribution >= 4 is 10.8 Å². The van der Waals surface area contributed by atoms with E-state index in [0.29, 0.717) is 0 Å². The standard InChI is InChI=1S/C16H10/c1-2-6-13(7-3-1)16-11-10-14-8-4-5-9-15(14)12-16/h2-3,5-12H. The highest BCUT2D eigenvalue weighted by Crippen LogP contribution is 2.23. The van der Waals surface area contributed by atoms with Crippen molar-refractivity contribution in [3.8, 4) is 11.1 Å². The molecular formula is C16H10. The van der Waals surface area contributed by atoms with Gasteiger partial charge in [0.25, 0.3) is 0 Å². The topological polar surface area (TPSA) is 0 Å². The van der Waals surface area contributed by atoms with E-state index in [2.05, 4.69) is 48.5 Å². The third kappa shape index (κ3) is 1.59. The highest BCUT2D eigenvalue weighted by atomic mass is 14.0. The van der Waals surface area contributed by atoms with Crippen molar-refractivity contribution in [2.24, 2.45) is 0 Å². The molecule has 0 aromatic heterocycles. The first-order valence-corrected chi connectivity index (χ1v) is 5.30. The van der Waals surface area contributed by atoms with Gasteiger partial charge in [-0.2, -0.15) is 0 Å². The number of hydrogen-bond donors (Lipinski definition) is 0. The average Bonchev–Trinajstić information content (AvgIpc) is 2.39. The van der Waals surface area contributed by atoms with Gasteiger partial charge in [-0.1, -0.05) is 48.5 Å². The van der Waals surface area contributed by atoms with E-state index >= 15 is 0 Å². The van der Waals surface area contributed by atoms with E-state index in [-0.39, 0.29) is 0 Å². The van der Waals surface area contributed by atoms with Gasteiger partial charge in [-0.15, -0.1) is 0 Å². The Labute approximate surface area is 95.2 Å². The lowest BCUT2D eigenvalue weighted by Crippen LogP contribution is -1.78. The Morgan fingerprint density at radius 1 is 0.625 bits per heavy atom. The Bertz CT molecular complexity index is 609. The van der Waals surface area contributed by atoms with Crippen molar-refractivity contribution in [1.82, 2.24) is 0 Å². The minimum Gasteiger partial charge on any atom is -0.0538 e. The lowest BCUT2D eigenvalue weighted by molar-refractivity contribution is 1.63. The molecule has 0 aliphatic carbocycles. The summed E-state index contributed by atoms with van der Waals surface area (Å²) in [5.41, 5.74) is 2.47. The molecule has 0 heteroatoms. The van der Waals surface area contributed by atoms with Gasteiger partial charge < -0.3 is 0 Å². The van der Waals surface area contributed by atoms with Crippen molar-refractivity contribution in [2.45, 2.75) is 0 Å². The molecule has 3 aromatic carbocycles. The molecular weight excluding hydrogens is 192 g/mol. The van der Waals surface area contributed by atoms with Crippen molar-refractivity contribution < 1.29 is 0 Å². The predicted octanol–water partition coefficient (Wildman–Crippen LogP) is 4.11. The van der Waals surface area contributed by atoms with E-state index in [1.165, 1.54) is 21.9 Å². The van der Waals surface area contributed by atoms with Crippen LogP contribution < -0.4 is 0 Å². The molecule has 0 fully saturated rings. The Morgan fingerprint density at radius 2 is 1.44 bits per heavy atom. The number of rotatable bonds is 1. The summed E-state index contributed by atoms with van der Waals surface area (Å²) in [6.45, 7) is 0. The minimum absolute atomic E-state index is 1.23. The van der Waals surface area contributed by atoms with E-state index in [9.17, 15) is 0 Å². The van der Waals surface area contributed by atoms with E-state index in [0.717, 1.165) is 0 Å². The summed E-state index contributed by atoms with van der Waals surface area (Å²) in [5, 5.41) is 2.48. The molecule has 0 saturated carbocycles. The molecule has 3 aromatic rings. The molecule has 74 valence electrons. The summed E-state index contributed by atoms with van der Waals surface area (Å²) in [5.74, 6) is 0. The van der Waals surface area contributed by atoms with Gasteiger partial charge in [0.15, 0.2) is 0 Å². The Morgan fingerprint density at radius 3 is 2.31 bits per heavy atom. The van der Waals surface area contributed by atoms with Crippen LogP contribution in [0.2, 0.25) is 0 Å². The quantitative estimate of drug-likeness (QED) is 0.557. The van der Waals surface area contributed by atoms with Gasteiger partial charge in [0.05, 0.1) is 0 Å². The summed E-state index contributed by atoms with van der Waals surface area (Å²) in [6.07, 6.45) is 0. The molecule has 0 spiro atoms. The lowest BCUT2D eigenvalue weighted by Gasteiger charge is -2.03. The molecule has 0 bridgehead atoms. The maximum Gasteiger partial charge on any atom is -0.0177 e. The molecule has 0 saturated heterocycles. The Balaban J connectivity index is 2.19. The molecule has 0 nitrogen and oxygen atoms in total. The summed E-state index contributed by atoms with van der Waals surface area (Å²) < 4.78 is 0. The predicted molar refractivity (Wildman–Crippen MR) is 67.1 cm³/mol. The van der Waals surface area contributed by atoms with Crippen LogP contribution in [0.25, 0.3) is 21.9 Å². The molecule has 0 N–H and O–H groups in total. The highest BCUT2D eigenvalue weighted by molar-refractivity contribution is 5.87. The monoisotopic (exact) mass is 202 g/mol. The van der Waals surface area contributed by atoms with Gasteiger partial charge >= 0.3 is 0 Å². The van der Waals surface area contributed by atoms with Crippen LogP contribution in [0.4, 0.5) is 0 Å². The van der Waals surface area contributed by atoms with Crippen LogP contribution in [-0.2, 0) is 0 Å². The van der Waals surface area contributed by atoms with Crippen molar-refractivity contribution in [3.05, 3.63) is 72.8 Å². The fourth-order valence-corrected chi connectivity index (χ4v) is 1.89. The molecule has 16 heavy (non-hydrogen) atoms. The second-order valence-corrected chi connectivity index (χ2v) is 3.78. The van der Waals surface area contributed by atoms with Crippen molar-refractivity contribution in [1.29, 1.82) is 0 Å². The lowest BCUT2D eigenvalue weighted by atomic mass is 10.0. The molecule has 3 rings (SSSR count). The summed E-state index contributed by atoms with van der Waals surface area (Å²) in [6, 6.07) is 26.7. The Hall–Kier alpha value is -2.08. The van der Waals surface area contributed by atoms with Gasteiger partial charge in [0.2, 0.25) is 0 Å². The van der Waals surface area contributed by atoms with E-state index in [1.54, 1.807) is 0 Å². The smallest absolute Gasteiger partial charge is 0.0177 e. The zero-order chi connectivity index (χ0) is 10.8. The molecule has 0 aliphatic rings. The maximum atomic E-state index is 3.09. The van der Waals surface area contributed by atoms with Gasteiger partial charge in [-0.3, -0.25) is 0 Å². The summed E-state index contributed by atoms with van der Waals surface area (Å²) in [7, 11) is 0. The Kier molecular flexibility index (Phi) is 2.19. The first-order chi connectivity index (χ1) is 7.93. The van der Waals surface area contributed by atoms with Crippen LogP contribution in [0.1, 0.15) is 0 Å². The largest absolute Gasteiger partial charge is 0.0538 e. The first-order valence-electron chi connectivity index (χ1n) is 5.30. The number of benzene rings is 3. The fourth-order valence-electron chi connectivity index (χ4n) is 1.89. The molecule has 0 aliphatic heterocycles. The minimum atomic E-state index is 1.23. The van der Waals surface area contributed by atoms with Crippen LogP contribution >= 0.6 is 0 Å². The van der Waals surface area contributed by atoms with Crippen molar-refractivity contribution in [3.63, 3.8) is 0 Å². The molecule has 0 heterocycles. The van der Waals surface area contributed by atoms with Crippen LogP contribution in [0.5, 0.6) is 0 Å². The molecule has 0 unspecified atom stereocenters. The van der Waals surface area contributed by atoms with Crippen LogP contribution in [-0.4, -0.2) is 0 Å². The summed E-state index contributed by atoms with van der Waals surface area (Å²) >= 11 is 0. The van der Waals surface area contributed by atoms with Crippen molar-refractivity contribution in [2.75, 3.05) is 0 Å². The SMILES string of the molecule is [c]1ccc(-c2ccc3c[c]ccc3c2)cc1. The zero-order valence-electron chi connectivity index (χ0n) is 8.77. The fraction of sp³-hybridized carbons (Fsp3) is 0. The average molecular weight is 202 g/mol. The number of hydrogen-bond acceptors (Lipinski definition) is 0. The van der Waals surface area contributed by atoms with Gasteiger partial charge in [0, 0.05) is 0 Å². The third-order valence-electron chi connectivity index (χ3n) is 2.74. The zero-order valence-corrected chi connectivity index (χ0v) is 8.77. The van der Waals surface area contributed by atoms with Gasteiger partial charge in [0.1, 0.15) is 0 Å². The molecule has 2 radical (unpaired) electrons. The van der Waals surface area contributed by atoms with E-state index in [4.69, 9.17) is 0 Å². The van der Waals surface area contributed by atoms with E-state index < -0.39 is 0 Å². The molecule has 0 atom stereocenters. The second kappa shape index (κ2) is 3.82. The van der Waals surface area contributed by atoms with Gasteiger partial charge in [-0.05, 0) is 46.2 Å². The number of fused-ring (bicyclic) bond motifs is 1. The second-order valence-electron chi connectivity index (χ2n) is 3.78. The normalized spacial score (nSPS) is 10.5. The van der Waals surface area contributed by atoms with Crippen LogP contribution in [0.15, 0.2) is 60.7 Å². The van der Waals surface area contributed by atoms with Crippen LogP contribution in [0, 0.1) is 12.1 Å². The molecule has 0 amide bonds. The van der Waals surface area contributed by atoms with Crippen LogP contribution in [0.3, 0.4) is 0 Å². The summed E-state index contributed by atoms with van der Waals surface area (Å²) in [4.78, 5) is 0. The highest BCUT2D eigenvalue weighted by Gasteiger charge is 1.98. The first kappa shape index (κ1) is 9.17. The third-order valence-corrected chi connectivity index (χ3v) is 2.74. The van der Waals surface area contributed by atoms with Gasteiger partial charge in [-0.25, -0.2) is 0 Å². The maximum absolute atomic E-state index is 3.09. The van der Waals surface area contributed by atoms with E-state index in [1.807, 2.05) is 24.3 Å².